The summed E-state index contributed by atoms with van der Waals surface area (Å²) >= 11 is 0. The summed E-state index contributed by atoms with van der Waals surface area (Å²) in [6.07, 6.45) is 1.28. The fraction of sp³-hybridized carbons (Fsp3) is 0.462. The predicted octanol–water partition coefficient (Wildman–Crippen LogP) is 0.496. The fourth-order valence-corrected chi connectivity index (χ4v) is 1.76. The van der Waals surface area contributed by atoms with Gasteiger partial charge in [0.15, 0.2) is 0 Å². The van der Waals surface area contributed by atoms with Gasteiger partial charge < -0.3 is 15.7 Å². The van der Waals surface area contributed by atoms with E-state index in [1.54, 1.807) is 0 Å². The van der Waals surface area contributed by atoms with Gasteiger partial charge in [-0.3, -0.25) is 14.9 Å². The van der Waals surface area contributed by atoms with Gasteiger partial charge in [-0.1, -0.05) is 0 Å². The highest BCUT2D eigenvalue weighted by atomic mass is 16.6. The van der Waals surface area contributed by atoms with Crippen molar-refractivity contribution in [3.63, 3.8) is 0 Å². The third kappa shape index (κ3) is 4.29. The maximum absolute atomic E-state index is 11.4. The molecule has 1 saturated carbocycles. The number of nitrogens with one attached hydrogen (secondary N) is 2. The van der Waals surface area contributed by atoms with Crippen molar-refractivity contribution in [3.8, 4) is 0 Å². The number of carbonyl (C=O) groups excluding carboxylic acids is 1. The van der Waals surface area contributed by atoms with E-state index in [4.69, 9.17) is 0 Å². The normalized spacial score (nSPS) is 15.7. The zero-order valence-electron chi connectivity index (χ0n) is 10.9. The van der Waals surface area contributed by atoms with E-state index < -0.39 is 11.0 Å². The van der Waals surface area contributed by atoms with Gasteiger partial charge in [-0.15, -0.1) is 0 Å². The van der Waals surface area contributed by atoms with E-state index in [9.17, 15) is 20.0 Å². The van der Waals surface area contributed by atoms with Crippen LogP contribution < -0.4 is 10.6 Å². The minimum atomic E-state index is -0.801. The van der Waals surface area contributed by atoms with Crippen LogP contribution in [0.5, 0.6) is 0 Å². The van der Waals surface area contributed by atoms with Crippen LogP contribution in [0.15, 0.2) is 24.3 Å². The molecule has 0 saturated heterocycles. The summed E-state index contributed by atoms with van der Waals surface area (Å²) in [5.74, 6) is -0.0802. The van der Waals surface area contributed by atoms with Crippen LogP contribution >= 0.6 is 0 Å². The molecule has 7 nitrogen and oxygen atoms in total. The number of carbonyl (C=O) groups is 1. The molecule has 0 aromatic heterocycles. The number of benzene rings is 1. The van der Waals surface area contributed by atoms with E-state index in [0.717, 1.165) is 12.8 Å². The van der Waals surface area contributed by atoms with Gasteiger partial charge in [-0.2, -0.15) is 0 Å². The van der Waals surface area contributed by atoms with Crippen molar-refractivity contribution in [1.82, 2.24) is 10.6 Å². The summed E-state index contributed by atoms with van der Waals surface area (Å²) in [6, 6.07) is 6.03. The maximum atomic E-state index is 11.4. The van der Waals surface area contributed by atoms with E-state index in [0.29, 0.717) is 11.6 Å². The first kappa shape index (κ1) is 14.4. The average molecular weight is 279 g/mol. The lowest BCUT2D eigenvalue weighted by Gasteiger charge is -2.12. The Labute approximate surface area is 116 Å². The average Bonchev–Trinajstić information content (AvgIpc) is 3.22. The van der Waals surface area contributed by atoms with E-state index >= 15 is 0 Å². The van der Waals surface area contributed by atoms with E-state index in [-0.39, 0.29) is 24.7 Å². The Kier molecular flexibility index (Phi) is 4.65. The Morgan fingerprint density at radius 2 is 2.05 bits per heavy atom. The van der Waals surface area contributed by atoms with Crippen LogP contribution in [0, 0.1) is 10.1 Å². The summed E-state index contributed by atoms with van der Waals surface area (Å²) < 4.78 is 0. The smallest absolute Gasteiger partial charge is 0.269 e. The van der Waals surface area contributed by atoms with Crippen molar-refractivity contribution in [2.24, 2.45) is 0 Å². The topological polar surface area (TPSA) is 104 Å². The van der Waals surface area contributed by atoms with Gasteiger partial charge in [0.2, 0.25) is 5.91 Å². The predicted molar refractivity (Wildman–Crippen MR) is 72.1 cm³/mol. The number of rotatable bonds is 7. The molecular weight excluding hydrogens is 262 g/mol. The summed E-state index contributed by atoms with van der Waals surface area (Å²) in [4.78, 5) is 21.4. The fourth-order valence-electron chi connectivity index (χ4n) is 1.76. The first-order valence-corrected chi connectivity index (χ1v) is 6.49. The molecule has 1 amide bonds. The molecule has 20 heavy (non-hydrogen) atoms. The largest absolute Gasteiger partial charge is 0.387 e. The standard InChI is InChI=1S/C13H17N3O4/c17-12(7-14-8-13(18)15-10-3-4-10)9-1-5-11(6-2-9)16(19)20/h1-2,5-6,10,12,14,17H,3-4,7-8H2,(H,15,18)/t12-/m1/s1. The third-order valence-corrected chi connectivity index (χ3v) is 3.05. The van der Waals surface area contributed by atoms with Crippen LogP contribution in [-0.2, 0) is 4.79 Å². The lowest BCUT2D eigenvalue weighted by Crippen LogP contribution is -2.36. The van der Waals surface area contributed by atoms with Crippen molar-refractivity contribution in [2.45, 2.75) is 25.0 Å². The number of hydrogen-bond acceptors (Lipinski definition) is 5. The zero-order chi connectivity index (χ0) is 14.5. The molecule has 1 atom stereocenters. The lowest BCUT2D eigenvalue weighted by molar-refractivity contribution is -0.384. The molecule has 1 aromatic carbocycles. The van der Waals surface area contributed by atoms with E-state index in [1.807, 2.05) is 0 Å². The number of aliphatic hydroxyl groups is 1. The SMILES string of the molecule is O=C(CNC[C@@H](O)c1ccc([N+](=O)[O-])cc1)NC1CC1. The van der Waals surface area contributed by atoms with Gasteiger partial charge in [0, 0.05) is 24.7 Å². The van der Waals surface area contributed by atoms with Crippen LogP contribution in [0.1, 0.15) is 24.5 Å². The lowest BCUT2D eigenvalue weighted by atomic mass is 10.1. The highest BCUT2D eigenvalue weighted by Crippen LogP contribution is 2.18. The van der Waals surface area contributed by atoms with E-state index in [1.165, 1.54) is 24.3 Å². The molecule has 0 aliphatic heterocycles. The maximum Gasteiger partial charge on any atom is 0.269 e. The molecule has 2 rings (SSSR count). The first-order chi connectivity index (χ1) is 9.56. The van der Waals surface area contributed by atoms with Crippen LogP contribution in [-0.4, -0.2) is 35.1 Å². The summed E-state index contributed by atoms with van der Waals surface area (Å²) in [7, 11) is 0. The molecule has 7 heteroatoms. The van der Waals surface area contributed by atoms with Gasteiger partial charge in [0.25, 0.3) is 5.69 Å². The van der Waals surface area contributed by atoms with Gasteiger partial charge in [-0.05, 0) is 30.5 Å². The van der Waals surface area contributed by atoms with Crippen LogP contribution in [0.3, 0.4) is 0 Å². The number of hydrogen-bond donors (Lipinski definition) is 3. The summed E-state index contributed by atoms with van der Waals surface area (Å²) in [5, 5.41) is 26.1. The molecule has 0 heterocycles. The van der Waals surface area contributed by atoms with Crippen molar-refractivity contribution in [1.29, 1.82) is 0 Å². The number of nitrogens with zero attached hydrogens (tertiary/aromatic N) is 1. The number of nitro benzene ring substituents is 1. The zero-order valence-corrected chi connectivity index (χ0v) is 10.9. The van der Waals surface area contributed by atoms with Crippen molar-refractivity contribution >= 4 is 11.6 Å². The third-order valence-electron chi connectivity index (χ3n) is 3.05. The van der Waals surface area contributed by atoms with Crippen LogP contribution in [0.4, 0.5) is 5.69 Å². The Balaban J connectivity index is 1.74. The van der Waals surface area contributed by atoms with Gasteiger partial charge in [0.05, 0.1) is 17.6 Å². The summed E-state index contributed by atoms with van der Waals surface area (Å²) in [5.41, 5.74) is 0.559. The molecule has 0 bridgehead atoms. The van der Waals surface area contributed by atoms with Gasteiger partial charge >= 0.3 is 0 Å². The molecule has 1 fully saturated rings. The number of nitro groups is 1. The van der Waals surface area contributed by atoms with Crippen molar-refractivity contribution in [2.75, 3.05) is 13.1 Å². The monoisotopic (exact) mass is 279 g/mol. The van der Waals surface area contributed by atoms with Crippen LogP contribution in [0.2, 0.25) is 0 Å². The second kappa shape index (κ2) is 6.44. The molecule has 1 aromatic rings. The molecular formula is C13H17N3O4. The Morgan fingerprint density at radius 3 is 2.60 bits per heavy atom. The summed E-state index contributed by atoms with van der Waals surface area (Å²) in [6.45, 7) is 0.371. The molecule has 0 spiro atoms. The quantitative estimate of drug-likeness (QED) is 0.498. The Hall–Kier alpha value is -1.99. The second-order valence-electron chi connectivity index (χ2n) is 4.84. The highest BCUT2D eigenvalue weighted by molar-refractivity contribution is 5.78. The molecule has 3 N–H and O–H groups in total. The second-order valence-corrected chi connectivity index (χ2v) is 4.84. The molecule has 0 unspecified atom stereocenters. The Morgan fingerprint density at radius 1 is 1.40 bits per heavy atom. The van der Waals surface area contributed by atoms with Crippen molar-refractivity contribution < 1.29 is 14.8 Å². The van der Waals surface area contributed by atoms with E-state index in [2.05, 4.69) is 10.6 Å². The van der Waals surface area contributed by atoms with Crippen molar-refractivity contribution in [3.05, 3.63) is 39.9 Å². The molecule has 0 radical (unpaired) electrons. The minimum absolute atomic E-state index is 0.0160. The van der Waals surface area contributed by atoms with Gasteiger partial charge in [-0.25, -0.2) is 0 Å². The Bertz CT molecular complexity index is 485. The van der Waals surface area contributed by atoms with Crippen LogP contribution in [0.25, 0.3) is 0 Å². The number of non-ortho nitro benzene ring substituents is 1. The molecule has 108 valence electrons. The first-order valence-electron chi connectivity index (χ1n) is 6.49. The highest BCUT2D eigenvalue weighted by Gasteiger charge is 2.22. The number of aliphatic hydroxyl groups excluding tert-OH is 1. The minimum Gasteiger partial charge on any atom is -0.387 e. The molecule has 1 aliphatic carbocycles. The number of amides is 1. The van der Waals surface area contributed by atoms with Gasteiger partial charge in [0.1, 0.15) is 0 Å². The molecule has 1 aliphatic rings.